The number of nitrogens with one attached hydrogen (secondary N) is 1. The Morgan fingerprint density at radius 1 is 1.58 bits per heavy atom. The van der Waals surface area contributed by atoms with Crippen LogP contribution in [-0.4, -0.2) is 34.0 Å². The molecule has 2 N–H and O–H groups in total. The molecule has 12 heavy (non-hydrogen) atoms. The average Bonchev–Trinajstić information content (AvgIpc) is 2.78. The molecular weight excluding hydrogens is 178 g/mol. The minimum absolute atomic E-state index is 0.155. The van der Waals surface area contributed by atoms with Gasteiger partial charge in [-0.3, -0.25) is 9.59 Å². The highest BCUT2D eigenvalue weighted by Crippen LogP contribution is 2.41. The molecule has 1 rings (SSSR count). The van der Waals surface area contributed by atoms with E-state index in [1.54, 1.807) is 0 Å². The molecule has 0 radical (unpaired) electrons. The normalized spacial score (nSPS) is 25.6. The second-order valence-electron chi connectivity index (χ2n) is 2.24. The third-order valence-electron chi connectivity index (χ3n) is 1.36. The van der Waals surface area contributed by atoms with E-state index in [4.69, 9.17) is 11.5 Å². The number of hydrogen-bond acceptors (Lipinski definition) is 3. The molecule has 1 aliphatic heterocycles. The van der Waals surface area contributed by atoms with E-state index in [1.807, 2.05) is 0 Å². The zero-order valence-electron chi connectivity index (χ0n) is 6.11. The van der Waals surface area contributed by atoms with Gasteiger partial charge in [0.1, 0.15) is 10.5 Å². The van der Waals surface area contributed by atoms with E-state index in [9.17, 15) is 9.59 Å². The van der Waals surface area contributed by atoms with Crippen molar-refractivity contribution < 1.29 is 14.7 Å². The van der Waals surface area contributed by atoms with Gasteiger partial charge in [-0.1, -0.05) is 5.92 Å². The molecule has 1 heterocycles. The molecule has 0 aromatic heterocycles. The number of carboxylic acid groups (broad SMARTS) is 1. The molecule has 2 atom stereocenters. The topological polar surface area (TPSA) is 66.4 Å². The first-order chi connectivity index (χ1) is 5.66. The average molecular weight is 185 g/mol. The Bertz CT molecular complexity index is 258. The summed E-state index contributed by atoms with van der Waals surface area (Å²) in [6.45, 7) is 0.155. The Labute approximate surface area is 73.7 Å². The molecule has 0 aromatic carbocycles. The molecule has 1 fully saturated rings. The molecule has 5 heteroatoms. The molecule has 0 spiro atoms. The van der Waals surface area contributed by atoms with Crippen LogP contribution in [0, 0.1) is 12.3 Å². The van der Waals surface area contributed by atoms with E-state index in [2.05, 4.69) is 11.2 Å². The fourth-order valence-corrected chi connectivity index (χ4v) is 1.53. The van der Waals surface area contributed by atoms with Gasteiger partial charge in [0.15, 0.2) is 0 Å². The van der Waals surface area contributed by atoms with Crippen LogP contribution >= 0.6 is 11.8 Å². The number of carbonyl (C=O) groups is 2. The van der Waals surface area contributed by atoms with Gasteiger partial charge in [-0.2, -0.15) is 0 Å². The summed E-state index contributed by atoms with van der Waals surface area (Å²) in [6, 6.07) is 0. The van der Waals surface area contributed by atoms with Gasteiger partial charge >= 0.3 is 5.97 Å². The highest BCUT2D eigenvalue weighted by atomic mass is 32.2. The van der Waals surface area contributed by atoms with E-state index in [1.165, 1.54) is 0 Å². The van der Waals surface area contributed by atoms with Gasteiger partial charge in [0, 0.05) is 0 Å². The van der Waals surface area contributed by atoms with Gasteiger partial charge < -0.3 is 10.4 Å². The van der Waals surface area contributed by atoms with Gasteiger partial charge in [0.25, 0.3) is 0 Å². The summed E-state index contributed by atoms with van der Waals surface area (Å²) in [7, 11) is 0. The van der Waals surface area contributed by atoms with Crippen molar-refractivity contribution in [2.75, 3.05) is 6.54 Å². The van der Waals surface area contributed by atoms with Crippen LogP contribution in [0.4, 0.5) is 0 Å². The van der Waals surface area contributed by atoms with Crippen molar-refractivity contribution in [2.45, 2.75) is 10.5 Å². The third-order valence-corrected chi connectivity index (χ3v) is 2.59. The molecule has 0 aromatic rings. The monoisotopic (exact) mass is 185 g/mol. The number of carbonyl (C=O) groups excluding carboxylic acids is 1. The summed E-state index contributed by atoms with van der Waals surface area (Å²) in [4.78, 5) is 21.3. The lowest BCUT2D eigenvalue weighted by atomic mass is 10.3. The van der Waals surface area contributed by atoms with Crippen molar-refractivity contribution in [3.63, 3.8) is 0 Å². The van der Waals surface area contributed by atoms with Crippen LogP contribution in [0.5, 0.6) is 0 Å². The molecule has 4 nitrogen and oxygen atoms in total. The van der Waals surface area contributed by atoms with Crippen LogP contribution < -0.4 is 5.32 Å². The standard InChI is InChI=1S/C7H7NO3S/c1-2-3-8-6(9)4-5(12-4)7(10)11/h1,4-5H,3H2,(H,8,9)(H,10,11). The van der Waals surface area contributed by atoms with Crippen molar-refractivity contribution in [3.05, 3.63) is 0 Å². The Hall–Kier alpha value is -1.15. The maximum atomic E-state index is 11.0. The number of carboxylic acids is 1. The quantitative estimate of drug-likeness (QED) is 0.451. The smallest absolute Gasteiger partial charge is 0.318 e. The van der Waals surface area contributed by atoms with E-state index < -0.39 is 16.5 Å². The zero-order chi connectivity index (χ0) is 9.14. The van der Waals surface area contributed by atoms with Crippen LogP contribution in [0.1, 0.15) is 0 Å². The Kier molecular flexibility index (Phi) is 2.61. The Balaban J connectivity index is 2.29. The third kappa shape index (κ3) is 1.92. The highest BCUT2D eigenvalue weighted by Gasteiger charge is 2.49. The summed E-state index contributed by atoms with van der Waals surface area (Å²) in [5.41, 5.74) is 0. The molecule has 1 amide bonds. The second kappa shape index (κ2) is 3.50. The van der Waals surface area contributed by atoms with Crippen LogP contribution in [-0.2, 0) is 9.59 Å². The number of thioether (sulfide) groups is 1. The molecule has 2 unspecified atom stereocenters. The molecule has 0 bridgehead atoms. The number of aliphatic carboxylic acids is 1. The molecule has 0 saturated carbocycles. The Morgan fingerprint density at radius 2 is 2.25 bits per heavy atom. The lowest BCUT2D eigenvalue weighted by molar-refractivity contribution is -0.136. The Morgan fingerprint density at radius 3 is 2.67 bits per heavy atom. The van der Waals surface area contributed by atoms with Crippen molar-refractivity contribution in [3.8, 4) is 12.3 Å². The zero-order valence-corrected chi connectivity index (χ0v) is 6.93. The van der Waals surface area contributed by atoms with E-state index in [-0.39, 0.29) is 12.5 Å². The summed E-state index contributed by atoms with van der Waals surface area (Å²) in [5, 5.41) is 9.85. The van der Waals surface area contributed by atoms with Crippen molar-refractivity contribution in [1.82, 2.24) is 5.32 Å². The van der Waals surface area contributed by atoms with Crippen molar-refractivity contribution in [1.29, 1.82) is 0 Å². The molecule has 1 saturated heterocycles. The first-order valence-electron chi connectivity index (χ1n) is 3.26. The van der Waals surface area contributed by atoms with E-state index >= 15 is 0 Å². The van der Waals surface area contributed by atoms with Crippen LogP contribution in [0.3, 0.4) is 0 Å². The summed E-state index contributed by atoms with van der Waals surface area (Å²) >= 11 is 1.12. The number of amides is 1. The van der Waals surface area contributed by atoms with Crippen molar-refractivity contribution >= 4 is 23.6 Å². The fourth-order valence-electron chi connectivity index (χ4n) is 0.738. The van der Waals surface area contributed by atoms with Gasteiger partial charge in [0.2, 0.25) is 5.91 Å². The first-order valence-corrected chi connectivity index (χ1v) is 4.20. The van der Waals surface area contributed by atoms with E-state index in [0.29, 0.717) is 0 Å². The number of terminal acetylenes is 1. The molecule has 0 aliphatic carbocycles. The van der Waals surface area contributed by atoms with Gasteiger partial charge in [-0.15, -0.1) is 18.2 Å². The largest absolute Gasteiger partial charge is 0.480 e. The predicted molar refractivity (Wildman–Crippen MR) is 44.6 cm³/mol. The minimum atomic E-state index is -0.944. The molecule has 1 aliphatic rings. The lowest BCUT2D eigenvalue weighted by Crippen LogP contribution is -2.30. The van der Waals surface area contributed by atoms with Crippen molar-refractivity contribution in [2.24, 2.45) is 0 Å². The SMILES string of the molecule is C#CCNC(=O)C1SC1C(=O)O. The molecular formula is C7H7NO3S. The van der Waals surface area contributed by atoms with Gasteiger partial charge in [-0.05, 0) is 0 Å². The predicted octanol–water partition coefficient (Wildman–Crippen LogP) is -0.696. The van der Waals surface area contributed by atoms with Gasteiger partial charge in [0.05, 0.1) is 6.54 Å². The number of hydrogen-bond donors (Lipinski definition) is 2. The lowest BCUT2D eigenvalue weighted by Gasteiger charge is -1.95. The number of rotatable bonds is 3. The fraction of sp³-hybridized carbons (Fsp3) is 0.429. The van der Waals surface area contributed by atoms with Crippen LogP contribution in [0.15, 0.2) is 0 Å². The maximum absolute atomic E-state index is 11.0. The highest BCUT2D eigenvalue weighted by molar-refractivity contribution is 8.09. The summed E-state index contributed by atoms with van der Waals surface area (Å²) in [5.74, 6) is 1.01. The first kappa shape index (κ1) is 8.94. The maximum Gasteiger partial charge on any atom is 0.318 e. The van der Waals surface area contributed by atoms with Crippen LogP contribution in [0.2, 0.25) is 0 Å². The van der Waals surface area contributed by atoms with E-state index in [0.717, 1.165) is 11.8 Å². The summed E-state index contributed by atoms with van der Waals surface area (Å²) < 4.78 is 0. The van der Waals surface area contributed by atoms with Gasteiger partial charge in [-0.25, -0.2) is 0 Å². The molecule has 64 valence electrons. The van der Waals surface area contributed by atoms with Crippen LogP contribution in [0.25, 0.3) is 0 Å². The minimum Gasteiger partial charge on any atom is -0.480 e. The second-order valence-corrected chi connectivity index (χ2v) is 3.53. The summed E-state index contributed by atoms with van der Waals surface area (Å²) in [6.07, 6.45) is 4.90.